The van der Waals surface area contributed by atoms with Crippen LogP contribution in [-0.2, 0) is 4.79 Å². The number of hydrogen-bond donors (Lipinski definition) is 1. The number of para-hydroxylation sites is 1. The minimum atomic E-state index is -0.0182. The molecule has 1 atom stereocenters. The summed E-state index contributed by atoms with van der Waals surface area (Å²) in [5.74, 6) is 2.16. The van der Waals surface area contributed by atoms with Crippen LogP contribution in [0.3, 0.4) is 0 Å². The highest BCUT2D eigenvalue weighted by atomic mass is 16.5. The first-order valence-corrected chi connectivity index (χ1v) is 11.3. The van der Waals surface area contributed by atoms with Crippen LogP contribution in [0.5, 0.6) is 11.6 Å². The number of aryl methyl sites for hydroxylation is 1. The SMILES string of the molecule is Cc1ccccc1Oc1nccnc1N1CCC[C@@H](C(=O)NC2CCCCCC2)C1. The van der Waals surface area contributed by atoms with Gasteiger partial charge in [-0.05, 0) is 44.2 Å². The molecule has 1 N–H and O–H groups in total. The van der Waals surface area contributed by atoms with Crippen molar-refractivity contribution in [1.82, 2.24) is 15.3 Å². The summed E-state index contributed by atoms with van der Waals surface area (Å²) in [6, 6.07) is 8.23. The standard InChI is InChI=1S/C24H32N4O2/c1-18-9-6-7-13-21(18)30-24-22(25-14-15-26-24)28-16-8-10-19(17-28)23(29)27-20-11-4-2-3-5-12-20/h6-7,9,13-15,19-20H,2-5,8,10-12,16-17H2,1H3,(H,27,29)/t19-/m1/s1. The summed E-state index contributed by atoms with van der Waals surface area (Å²) in [5.41, 5.74) is 1.05. The van der Waals surface area contributed by atoms with Crippen LogP contribution in [0.25, 0.3) is 0 Å². The van der Waals surface area contributed by atoms with Gasteiger partial charge >= 0.3 is 0 Å². The van der Waals surface area contributed by atoms with Gasteiger partial charge in [-0.2, -0.15) is 0 Å². The Labute approximate surface area is 179 Å². The molecule has 0 bridgehead atoms. The van der Waals surface area contributed by atoms with Crippen molar-refractivity contribution < 1.29 is 9.53 Å². The number of aromatic nitrogens is 2. The molecule has 0 spiro atoms. The van der Waals surface area contributed by atoms with Crippen molar-refractivity contribution in [2.24, 2.45) is 5.92 Å². The van der Waals surface area contributed by atoms with Crippen LogP contribution in [0.2, 0.25) is 0 Å². The molecule has 2 aliphatic rings. The van der Waals surface area contributed by atoms with Crippen molar-refractivity contribution in [1.29, 1.82) is 0 Å². The van der Waals surface area contributed by atoms with Gasteiger partial charge in [0.1, 0.15) is 5.75 Å². The van der Waals surface area contributed by atoms with Gasteiger partial charge < -0.3 is 15.0 Å². The van der Waals surface area contributed by atoms with E-state index in [9.17, 15) is 4.79 Å². The zero-order valence-electron chi connectivity index (χ0n) is 17.8. The number of piperidine rings is 1. The van der Waals surface area contributed by atoms with Crippen LogP contribution in [0.1, 0.15) is 56.9 Å². The first-order chi connectivity index (χ1) is 14.7. The number of rotatable bonds is 5. The largest absolute Gasteiger partial charge is 0.436 e. The smallest absolute Gasteiger partial charge is 0.263 e. The van der Waals surface area contributed by atoms with Crippen molar-refractivity contribution in [3.63, 3.8) is 0 Å². The zero-order chi connectivity index (χ0) is 20.8. The van der Waals surface area contributed by atoms with Crippen LogP contribution in [0, 0.1) is 12.8 Å². The lowest BCUT2D eigenvalue weighted by atomic mass is 9.96. The molecule has 0 unspecified atom stereocenters. The predicted octanol–water partition coefficient (Wildman–Crippen LogP) is 4.63. The quantitative estimate of drug-likeness (QED) is 0.731. The number of hydrogen-bond acceptors (Lipinski definition) is 5. The summed E-state index contributed by atoms with van der Waals surface area (Å²) in [4.78, 5) is 24.1. The number of anilines is 1. The third kappa shape index (κ3) is 5.10. The number of benzene rings is 1. The number of amides is 1. The lowest BCUT2D eigenvalue weighted by molar-refractivity contribution is -0.126. The Kier molecular flexibility index (Phi) is 6.82. The van der Waals surface area contributed by atoms with Crippen molar-refractivity contribution >= 4 is 11.7 Å². The van der Waals surface area contributed by atoms with E-state index in [0.29, 0.717) is 24.3 Å². The topological polar surface area (TPSA) is 67.4 Å². The van der Waals surface area contributed by atoms with Gasteiger partial charge in [-0.3, -0.25) is 4.79 Å². The van der Waals surface area contributed by atoms with E-state index in [0.717, 1.165) is 43.5 Å². The summed E-state index contributed by atoms with van der Waals surface area (Å²) in [6.45, 7) is 3.53. The Morgan fingerprint density at radius 2 is 1.80 bits per heavy atom. The van der Waals surface area contributed by atoms with Crippen molar-refractivity contribution in [2.45, 2.75) is 64.3 Å². The highest BCUT2D eigenvalue weighted by Gasteiger charge is 2.29. The van der Waals surface area contributed by atoms with Crippen LogP contribution in [0.4, 0.5) is 5.82 Å². The van der Waals surface area contributed by atoms with Gasteiger partial charge in [0.15, 0.2) is 5.82 Å². The molecular weight excluding hydrogens is 376 g/mol. The van der Waals surface area contributed by atoms with E-state index in [4.69, 9.17) is 4.74 Å². The molecule has 2 aromatic rings. The third-order valence-corrected chi connectivity index (χ3v) is 6.24. The van der Waals surface area contributed by atoms with E-state index >= 15 is 0 Å². The molecule has 1 aliphatic heterocycles. The molecule has 1 amide bonds. The minimum Gasteiger partial charge on any atom is -0.436 e. The summed E-state index contributed by atoms with van der Waals surface area (Å²) < 4.78 is 6.11. The first-order valence-electron chi connectivity index (χ1n) is 11.3. The molecule has 1 saturated carbocycles. The average Bonchev–Trinajstić information content (AvgIpc) is 3.04. The third-order valence-electron chi connectivity index (χ3n) is 6.24. The van der Waals surface area contributed by atoms with E-state index < -0.39 is 0 Å². The van der Waals surface area contributed by atoms with Crippen LogP contribution in [-0.4, -0.2) is 35.0 Å². The molecule has 1 aromatic carbocycles. The second-order valence-corrected chi connectivity index (χ2v) is 8.53. The maximum absolute atomic E-state index is 13.0. The molecule has 160 valence electrons. The minimum absolute atomic E-state index is 0.0182. The highest BCUT2D eigenvalue weighted by Crippen LogP contribution is 2.32. The molecule has 6 heteroatoms. The molecule has 2 heterocycles. The molecule has 1 saturated heterocycles. The van der Waals surface area contributed by atoms with Gasteiger partial charge in [-0.25, -0.2) is 9.97 Å². The summed E-state index contributed by atoms with van der Waals surface area (Å²) in [6.07, 6.45) is 12.5. The number of ether oxygens (including phenoxy) is 1. The van der Waals surface area contributed by atoms with Crippen LogP contribution in [0.15, 0.2) is 36.7 Å². The van der Waals surface area contributed by atoms with Gasteiger partial charge in [0.2, 0.25) is 5.91 Å². The van der Waals surface area contributed by atoms with Crippen LogP contribution < -0.4 is 15.0 Å². The van der Waals surface area contributed by atoms with E-state index in [1.807, 2.05) is 31.2 Å². The fourth-order valence-corrected chi connectivity index (χ4v) is 4.51. The Morgan fingerprint density at radius 1 is 1.03 bits per heavy atom. The lowest BCUT2D eigenvalue weighted by Gasteiger charge is -2.34. The monoisotopic (exact) mass is 408 g/mol. The van der Waals surface area contributed by atoms with Gasteiger partial charge in [0.05, 0.1) is 5.92 Å². The average molecular weight is 409 g/mol. The molecule has 1 aliphatic carbocycles. The Hall–Kier alpha value is -2.63. The second kappa shape index (κ2) is 9.92. The Morgan fingerprint density at radius 3 is 2.60 bits per heavy atom. The zero-order valence-corrected chi connectivity index (χ0v) is 17.8. The summed E-state index contributed by atoms with van der Waals surface area (Å²) >= 11 is 0. The van der Waals surface area contributed by atoms with E-state index in [2.05, 4.69) is 20.2 Å². The van der Waals surface area contributed by atoms with E-state index in [1.165, 1.54) is 25.7 Å². The fraction of sp³-hybridized carbons (Fsp3) is 0.542. The lowest BCUT2D eigenvalue weighted by Crippen LogP contribution is -2.46. The van der Waals surface area contributed by atoms with E-state index in [-0.39, 0.29) is 11.8 Å². The number of carbonyl (C=O) groups is 1. The predicted molar refractivity (Wildman–Crippen MR) is 118 cm³/mol. The molecule has 6 nitrogen and oxygen atoms in total. The number of nitrogens with zero attached hydrogens (tertiary/aromatic N) is 3. The Bertz CT molecular complexity index is 849. The van der Waals surface area contributed by atoms with Gasteiger partial charge in [0, 0.05) is 31.5 Å². The summed E-state index contributed by atoms with van der Waals surface area (Å²) in [7, 11) is 0. The molecule has 1 aromatic heterocycles. The second-order valence-electron chi connectivity index (χ2n) is 8.53. The van der Waals surface area contributed by atoms with Crippen molar-refractivity contribution in [2.75, 3.05) is 18.0 Å². The van der Waals surface area contributed by atoms with Gasteiger partial charge in [-0.15, -0.1) is 0 Å². The Balaban J connectivity index is 1.44. The number of nitrogens with one attached hydrogen (secondary N) is 1. The van der Waals surface area contributed by atoms with E-state index in [1.54, 1.807) is 12.4 Å². The molecule has 0 radical (unpaired) electrons. The fourth-order valence-electron chi connectivity index (χ4n) is 4.51. The van der Waals surface area contributed by atoms with Gasteiger partial charge in [0.25, 0.3) is 5.88 Å². The molecular formula is C24H32N4O2. The van der Waals surface area contributed by atoms with Crippen molar-refractivity contribution in [3.8, 4) is 11.6 Å². The molecule has 2 fully saturated rings. The maximum Gasteiger partial charge on any atom is 0.263 e. The maximum atomic E-state index is 13.0. The molecule has 4 rings (SSSR count). The highest BCUT2D eigenvalue weighted by molar-refractivity contribution is 5.80. The van der Waals surface area contributed by atoms with Gasteiger partial charge in [-0.1, -0.05) is 43.9 Å². The van der Waals surface area contributed by atoms with Crippen LogP contribution >= 0.6 is 0 Å². The normalized spacial score (nSPS) is 20.4. The number of carbonyl (C=O) groups excluding carboxylic acids is 1. The molecule has 30 heavy (non-hydrogen) atoms. The first kappa shape index (κ1) is 20.6. The van der Waals surface area contributed by atoms with Crippen molar-refractivity contribution in [3.05, 3.63) is 42.2 Å². The summed E-state index contributed by atoms with van der Waals surface area (Å²) in [5, 5.41) is 3.33.